The van der Waals surface area contributed by atoms with E-state index in [1.807, 2.05) is 24.1 Å². The fraction of sp³-hybridized carbons (Fsp3) is 0.533. The number of likely N-dealkylation sites (N-methyl/N-ethyl adjacent to an activating group) is 1. The SMILES string of the molecule is CN1CCN(C(=O)CCOCC(F)(F)C(F)F)c2ccccc21. The average molecular weight is 334 g/mol. The maximum atomic E-state index is 12.7. The number of anilines is 2. The fourth-order valence-electron chi connectivity index (χ4n) is 2.33. The molecule has 0 spiro atoms. The van der Waals surface area contributed by atoms with Crippen LogP contribution in [0.25, 0.3) is 0 Å². The van der Waals surface area contributed by atoms with Crippen molar-refractivity contribution in [3.63, 3.8) is 0 Å². The van der Waals surface area contributed by atoms with Gasteiger partial charge in [-0.2, -0.15) is 8.78 Å². The lowest BCUT2D eigenvalue weighted by Crippen LogP contribution is -2.43. The summed E-state index contributed by atoms with van der Waals surface area (Å²) < 4.78 is 53.9. The molecule has 128 valence electrons. The molecule has 1 aromatic rings. The van der Waals surface area contributed by atoms with E-state index in [-0.39, 0.29) is 18.9 Å². The zero-order valence-corrected chi connectivity index (χ0v) is 12.6. The van der Waals surface area contributed by atoms with Gasteiger partial charge in [0.2, 0.25) is 5.91 Å². The standard InChI is InChI=1S/C15H18F4N2O2/c1-20-7-8-21(12-5-3-2-4-11(12)20)13(22)6-9-23-10-15(18,19)14(16)17/h2-5,14H,6-10H2,1H3. The molecular weight excluding hydrogens is 316 g/mol. The summed E-state index contributed by atoms with van der Waals surface area (Å²) in [5, 5.41) is 0. The Balaban J connectivity index is 1.89. The van der Waals surface area contributed by atoms with Gasteiger partial charge in [-0.15, -0.1) is 0 Å². The van der Waals surface area contributed by atoms with E-state index in [1.165, 1.54) is 0 Å². The van der Waals surface area contributed by atoms with Gasteiger partial charge in [-0.1, -0.05) is 12.1 Å². The van der Waals surface area contributed by atoms with E-state index in [1.54, 1.807) is 17.0 Å². The molecule has 0 saturated heterocycles. The Hall–Kier alpha value is -1.83. The summed E-state index contributed by atoms with van der Waals surface area (Å²) in [6.07, 6.45) is -3.92. The van der Waals surface area contributed by atoms with Crippen LogP contribution in [0.4, 0.5) is 28.9 Å². The Labute approximate surface area is 131 Å². The highest BCUT2D eigenvalue weighted by molar-refractivity contribution is 5.97. The van der Waals surface area contributed by atoms with Gasteiger partial charge in [0.25, 0.3) is 0 Å². The van der Waals surface area contributed by atoms with Crippen LogP contribution in [0.2, 0.25) is 0 Å². The summed E-state index contributed by atoms with van der Waals surface area (Å²) in [5.41, 5.74) is 1.64. The molecule has 1 amide bonds. The second-order valence-corrected chi connectivity index (χ2v) is 5.32. The van der Waals surface area contributed by atoms with E-state index in [9.17, 15) is 22.4 Å². The normalized spacial score (nSPS) is 15.0. The number of amides is 1. The number of alkyl halides is 4. The lowest BCUT2D eigenvalue weighted by Gasteiger charge is -2.35. The van der Waals surface area contributed by atoms with Crippen molar-refractivity contribution in [2.24, 2.45) is 0 Å². The van der Waals surface area contributed by atoms with Gasteiger partial charge < -0.3 is 14.5 Å². The Morgan fingerprint density at radius 1 is 1.26 bits per heavy atom. The molecule has 0 unspecified atom stereocenters. The molecule has 0 bridgehead atoms. The fourth-order valence-corrected chi connectivity index (χ4v) is 2.33. The van der Waals surface area contributed by atoms with Crippen LogP contribution in [0.15, 0.2) is 24.3 Å². The number of hydrogen-bond donors (Lipinski definition) is 0. The average Bonchev–Trinajstić information content (AvgIpc) is 2.52. The third kappa shape index (κ3) is 4.13. The maximum absolute atomic E-state index is 12.7. The molecule has 0 aliphatic carbocycles. The van der Waals surface area contributed by atoms with Gasteiger partial charge in [-0.3, -0.25) is 4.79 Å². The molecule has 0 saturated carbocycles. The molecule has 0 N–H and O–H groups in total. The first-order valence-corrected chi connectivity index (χ1v) is 7.17. The summed E-state index contributed by atoms with van der Waals surface area (Å²) in [5.74, 6) is -4.48. The highest BCUT2D eigenvalue weighted by Crippen LogP contribution is 2.32. The first-order valence-electron chi connectivity index (χ1n) is 7.17. The highest BCUT2D eigenvalue weighted by Gasteiger charge is 2.41. The first-order chi connectivity index (χ1) is 10.8. The Morgan fingerprint density at radius 2 is 1.91 bits per heavy atom. The van der Waals surface area contributed by atoms with E-state index >= 15 is 0 Å². The summed E-state index contributed by atoms with van der Waals surface area (Å²) in [6.45, 7) is -0.598. The number of hydrogen-bond acceptors (Lipinski definition) is 3. The van der Waals surface area contributed by atoms with Gasteiger partial charge in [0.05, 0.1) is 24.4 Å². The van der Waals surface area contributed by atoms with Gasteiger partial charge in [-0.25, -0.2) is 8.78 Å². The summed E-state index contributed by atoms with van der Waals surface area (Å²) >= 11 is 0. The topological polar surface area (TPSA) is 32.8 Å². The second-order valence-electron chi connectivity index (χ2n) is 5.32. The molecule has 0 fully saturated rings. The number of halogens is 4. The number of para-hydroxylation sites is 2. The molecule has 1 aliphatic heterocycles. The van der Waals surface area contributed by atoms with Crippen LogP contribution in [-0.4, -0.2) is 51.6 Å². The van der Waals surface area contributed by atoms with Gasteiger partial charge in [0.1, 0.15) is 6.61 Å². The molecule has 2 rings (SSSR count). The molecule has 0 atom stereocenters. The number of benzene rings is 1. The molecule has 1 heterocycles. The van der Waals surface area contributed by atoms with E-state index in [4.69, 9.17) is 0 Å². The minimum absolute atomic E-state index is 0.142. The van der Waals surface area contributed by atoms with Crippen molar-refractivity contribution in [2.45, 2.75) is 18.8 Å². The van der Waals surface area contributed by atoms with Crippen molar-refractivity contribution in [2.75, 3.05) is 43.2 Å². The first kappa shape index (κ1) is 17.5. The number of rotatable bonds is 6. The highest BCUT2D eigenvalue weighted by atomic mass is 19.3. The third-order valence-corrected chi connectivity index (χ3v) is 3.62. The van der Waals surface area contributed by atoms with Crippen molar-refractivity contribution >= 4 is 17.3 Å². The van der Waals surface area contributed by atoms with Crippen molar-refractivity contribution < 1.29 is 27.1 Å². The zero-order chi connectivity index (χ0) is 17.0. The van der Waals surface area contributed by atoms with Crippen LogP contribution in [0.3, 0.4) is 0 Å². The quantitative estimate of drug-likeness (QED) is 0.592. The predicted octanol–water partition coefficient (Wildman–Crippen LogP) is 2.78. The Kier molecular flexibility index (Phi) is 5.46. The molecule has 4 nitrogen and oxygen atoms in total. The second kappa shape index (κ2) is 7.16. The summed E-state index contributed by atoms with van der Waals surface area (Å²) in [4.78, 5) is 15.8. The van der Waals surface area contributed by atoms with E-state index in [2.05, 4.69) is 4.74 Å². The number of ether oxygens (including phenoxy) is 1. The van der Waals surface area contributed by atoms with Gasteiger partial charge >= 0.3 is 12.3 Å². The number of carbonyl (C=O) groups is 1. The van der Waals surface area contributed by atoms with Gasteiger partial charge in [0.15, 0.2) is 0 Å². The van der Waals surface area contributed by atoms with Crippen LogP contribution in [0.1, 0.15) is 6.42 Å². The molecule has 0 radical (unpaired) electrons. The van der Waals surface area contributed by atoms with Crippen molar-refractivity contribution in [1.29, 1.82) is 0 Å². The van der Waals surface area contributed by atoms with Crippen LogP contribution in [0.5, 0.6) is 0 Å². The third-order valence-electron chi connectivity index (χ3n) is 3.62. The lowest BCUT2D eigenvalue weighted by molar-refractivity contribution is -0.166. The summed E-state index contributed by atoms with van der Waals surface area (Å²) in [7, 11) is 1.91. The zero-order valence-electron chi connectivity index (χ0n) is 12.6. The van der Waals surface area contributed by atoms with E-state index in [0.29, 0.717) is 13.1 Å². The molecular formula is C15H18F4N2O2. The van der Waals surface area contributed by atoms with Crippen LogP contribution >= 0.6 is 0 Å². The molecule has 0 aromatic heterocycles. The Bertz CT molecular complexity index is 554. The number of nitrogens with zero attached hydrogens (tertiary/aromatic N) is 2. The smallest absolute Gasteiger partial charge is 0.330 e. The van der Waals surface area contributed by atoms with Crippen molar-refractivity contribution in [1.82, 2.24) is 0 Å². The molecule has 8 heteroatoms. The van der Waals surface area contributed by atoms with Crippen LogP contribution in [0, 0.1) is 0 Å². The van der Waals surface area contributed by atoms with Crippen LogP contribution in [-0.2, 0) is 9.53 Å². The van der Waals surface area contributed by atoms with Crippen LogP contribution < -0.4 is 9.80 Å². The predicted molar refractivity (Wildman–Crippen MR) is 78.5 cm³/mol. The molecule has 1 aliphatic rings. The van der Waals surface area contributed by atoms with E-state index in [0.717, 1.165) is 11.4 Å². The number of carbonyl (C=O) groups excluding carboxylic acids is 1. The summed E-state index contributed by atoms with van der Waals surface area (Å²) in [6, 6.07) is 7.35. The van der Waals surface area contributed by atoms with E-state index < -0.39 is 19.0 Å². The lowest BCUT2D eigenvalue weighted by atomic mass is 10.1. The molecule has 1 aromatic carbocycles. The van der Waals surface area contributed by atoms with Gasteiger partial charge in [0, 0.05) is 20.1 Å². The van der Waals surface area contributed by atoms with Crippen molar-refractivity contribution in [3.05, 3.63) is 24.3 Å². The minimum atomic E-state index is -4.19. The minimum Gasteiger partial charge on any atom is -0.374 e. The maximum Gasteiger partial charge on any atom is 0.330 e. The largest absolute Gasteiger partial charge is 0.374 e. The number of fused-ring (bicyclic) bond motifs is 1. The molecule has 23 heavy (non-hydrogen) atoms. The monoisotopic (exact) mass is 334 g/mol. The van der Waals surface area contributed by atoms with Gasteiger partial charge in [-0.05, 0) is 12.1 Å². The van der Waals surface area contributed by atoms with Crippen molar-refractivity contribution in [3.8, 4) is 0 Å². The Morgan fingerprint density at radius 3 is 2.57 bits per heavy atom.